The van der Waals surface area contributed by atoms with Crippen LogP contribution in [0.1, 0.15) is 10.7 Å². The second-order valence-corrected chi connectivity index (χ2v) is 6.69. The zero-order chi connectivity index (χ0) is 16.0. The van der Waals surface area contributed by atoms with Crippen LogP contribution in [-0.4, -0.2) is 25.0 Å². The summed E-state index contributed by atoms with van der Waals surface area (Å²) in [4.78, 5) is 10.5. The molecule has 0 saturated carbocycles. The highest BCUT2D eigenvalue weighted by molar-refractivity contribution is 7.15. The van der Waals surface area contributed by atoms with Crippen LogP contribution in [0.5, 0.6) is 0 Å². The Bertz CT molecular complexity index is 1010. The fourth-order valence-corrected chi connectivity index (χ4v) is 3.55. The van der Waals surface area contributed by atoms with E-state index in [9.17, 15) is 0 Å². The van der Waals surface area contributed by atoms with Crippen molar-refractivity contribution in [3.63, 3.8) is 0 Å². The van der Waals surface area contributed by atoms with Crippen LogP contribution in [0, 0.1) is 13.8 Å². The largest absolute Gasteiger partial charge is 0.252 e. The van der Waals surface area contributed by atoms with Crippen LogP contribution in [-0.2, 0) is 7.05 Å². The summed E-state index contributed by atoms with van der Waals surface area (Å²) >= 11 is 1.67. The minimum Gasteiger partial charge on any atom is -0.252 e. The molecule has 0 aliphatic heterocycles. The summed E-state index contributed by atoms with van der Waals surface area (Å²) in [6.45, 7) is 4.03. The fraction of sp³-hybridized carbons (Fsp3) is 0.176. The molecule has 0 atom stereocenters. The summed E-state index contributed by atoms with van der Waals surface area (Å²) in [6.07, 6.45) is 0. The van der Waals surface area contributed by atoms with Gasteiger partial charge in [-0.05, 0) is 38.1 Å². The molecule has 3 heterocycles. The quantitative estimate of drug-likeness (QED) is 0.564. The van der Waals surface area contributed by atoms with Crippen molar-refractivity contribution in [1.29, 1.82) is 0 Å². The number of fused-ring (bicyclic) bond motifs is 1. The molecule has 0 amide bonds. The van der Waals surface area contributed by atoms with Crippen molar-refractivity contribution in [2.75, 3.05) is 0 Å². The predicted molar refractivity (Wildman–Crippen MR) is 92.3 cm³/mol. The highest BCUT2D eigenvalue weighted by Crippen LogP contribution is 2.36. The number of benzene rings is 1. The molecule has 5 nitrogen and oxygen atoms in total. The maximum absolute atomic E-state index is 4.74. The van der Waals surface area contributed by atoms with Gasteiger partial charge in [0.1, 0.15) is 5.52 Å². The first kappa shape index (κ1) is 14.0. The molecule has 0 bridgehead atoms. The Hall–Kier alpha value is -2.60. The van der Waals surface area contributed by atoms with Crippen LogP contribution >= 0.6 is 11.3 Å². The van der Waals surface area contributed by atoms with E-state index in [1.54, 1.807) is 16.0 Å². The highest BCUT2D eigenvalue weighted by Gasteiger charge is 2.15. The van der Waals surface area contributed by atoms with Gasteiger partial charge in [-0.1, -0.05) is 17.3 Å². The molecule has 23 heavy (non-hydrogen) atoms. The van der Waals surface area contributed by atoms with E-state index in [2.05, 4.69) is 21.4 Å². The van der Waals surface area contributed by atoms with Gasteiger partial charge in [-0.2, -0.15) is 0 Å². The SMILES string of the molecule is Cc1cccc(-c2sc(C)nc2-c2ccc3nnn(C)c3c2)n1. The van der Waals surface area contributed by atoms with E-state index < -0.39 is 0 Å². The molecule has 0 saturated heterocycles. The maximum Gasteiger partial charge on any atom is 0.113 e. The van der Waals surface area contributed by atoms with E-state index in [-0.39, 0.29) is 0 Å². The molecule has 114 valence electrons. The standard InChI is InChI=1S/C17H15N5S/c1-10-5-4-6-14(18-10)17-16(19-11(2)23-17)12-7-8-13-15(9-12)22(3)21-20-13/h4-9H,1-3H3. The summed E-state index contributed by atoms with van der Waals surface area (Å²) in [5.74, 6) is 0. The van der Waals surface area contributed by atoms with Crippen molar-refractivity contribution in [3.05, 3.63) is 47.1 Å². The lowest BCUT2D eigenvalue weighted by molar-refractivity contribution is 0.736. The summed E-state index contributed by atoms with van der Waals surface area (Å²) < 4.78 is 1.78. The second-order valence-electron chi connectivity index (χ2n) is 5.49. The summed E-state index contributed by atoms with van der Waals surface area (Å²) in [6, 6.07) is 12.2. The third-order valence-corrected chi connectivity index (χ3v) is 4.73. The Kier molecular flexibility index (Phi) is 3.20. The lowest BCUT2D eigenvalue weighted by Gasteiger charge is -2.04. The van der Waals surface area contributed by atoms with Crippen LogP contribution in [0.25, 0.3) is 32.9 Å². The van der Waals surface area contributed by atoms with Gasteiger partial charge in [0.25, 0.3) is 0 Å². The molecule has 0 N–H and O–H groups in total. The lowest BCUT2D eigenvalue weighted by Crippen LogP contribution is -1.90. The smallest absolute Gasteiger partial charge is 0.113 e. The van der Waals surface area contributed by atoms with Gasteiger partial charge in [0.05, 0.1) is 26.8 Å². The minimum absolute atomic E-state index is 0.887. The summed E-state index contributed by atoms with van der Waals surface area (Å²) in [7, 11) is 1.90. The molecule has 0 unspecified atom stereocenters. The topological polar surface area (TPSA) is 56.5 Å². The van der Waals surface area contributed by atoms with Gasteiger partial charge in [0.2, 0.25) is 0 Å². The van der Waals surface area contributed by atoms with Gasteiger partial charge < -0.3 is 0 Å². The first-order valence-corrected chi connectivity index (χ1v) is 8.15. The van der Waals surface area contributed by atoms with Crippen LogP contribution in [0.3, 0.4) is 0 Å². The molecule has 4 rings (SSSR count). The van der Waals surface area contributed by atoms with Crippen molar-refractivity contribution < 1.29 is 0 Å². The Morgan fingerprint density at radius 2 is 1.91 bits per heavy atom. The molecule has 0 spiro atoms. The van der Waals surface area contributed by atoms with Gasteiger partial charge in [-0.15, -0.1) is 16.4 Å². The molecule has 6 heteroatoms. The van der Waals surface area contributed by atoms with Crippen molar-refractivity contribution in [3.8, 4) is 21.8 Å². The van der Waals surface area contributed by atoms with Gasteiger partial charge in [0, 0.05) is 18.3 Å². The highest BCUT2D eigenvalue weighted by atomic mass is 32.1. The first-order chi connectivity index (χ1) is 11.1. The number of nitrogens with zero attached hydrogens (tertiary/aromatic N) is 5. The molecule has 1 aromatic carbocycles. The molecule has 4 aromatic rings. The van der Waals surface area contributed by atoms with Crippen molar-refractivity contribution in [2.45, 2.75) is 13.8 Å². The molecule has 0 fully saturated rings. The number of rotatable bonds is 2. The van der Waals surface area contributed by atoms with E-state index in [1.165, 1.54) is 0 Å². The zero-order valence-electron chi connectivity index (χ0n) is 13.1. The van der Waals surface area contributed by atoms with Gasteiger partial charge >= 0.3 is 0 Å². The van der Waals surface area contributed by atoms with E-state index in [1.807, 2.05) is 51.2 Å². The van der Waals surface area contributed by atoms with Crippen molar-refractivity contribution in [1.82, 2.24) is 25.0 Å². The van der Waals surface area contributed by atoms with Gasteiger partial charge in [-0.3, -0.25) is 4.98 Å². The van der Waals surface area contributed by atoms with Crippen molar-refractivity contribution in [2.24, 2.45) is 7.05 Å². The van der Waals surface area contributed by atoms with Gasteiger partial charge in [0.15, 0.2) is 0 Å². The number of thiazole rings is 1. The normalized spacial score (nSPS) is 11.3. The molecular weight excluding hydrogens is 306 g/mol. The lowest BCUT2D eigenvalue weighted by atomic mass is 10.1. The fourth-order valence-electron chi connectivity index (χ4n) is 2.64. The Balaban J connectivity index is 1.92. The average Bonchev–Trinajstić information content (AvgIpc) is 3.11. The third kappa shape index (κ3) is 2.41. The first-order valence-electron chi connectivity index (χ1n) is 7.33. The summed E-state index contributed by atoms with van der Waals surface area (Å²) in [5, 5.41) is 9.23. The van der Waals surface area contributed by atoms with Crippen LogP contribution < -0.4 is 0 Å². The van der Waals surface area contributed by atoms with Crippen molar-refractivity contribution >= 4 is 22.4 Å². The molecule has 3 aromatic heterocycles. The monoisotopic (exact) mass is 321 g/mol. The van der Waals surface area contributed by atoms with Crippen LogP contribution in [0.15, 0.2) is 36.4 Å². The molecule has 0 radical (unpaired) electrons. The molecule has 0 aliphatic carbocycles. The third-order valence-electron chi connectivity index (χ3n) is 3.74. The molecule has 0 aliphatic rings. The zero-order valence-corrected chi connectivity index (χ0v) is 13.9. The number of hydrogen-bond donors (Lipinski definition) is 0. The van der Waals surface area contributed by atoms with E-state index in [0.29, 0.717) is 0 Å². The minimum atomic E-state index is 0.887. The van der Waals surface area contributed by atoms with E-state index in [4.69, 9.17) is 4.98 Å². The van der Waals surface area contributed by atoms with E-state index in [0.717, 1.165) is 43.6 Å². The Morgan fingerprint density at radius 3 is 2.74 bits per heavy atom. The average molecular weight is 321 g/mol. The van der Waals surface area contributed by atoms with Crippen LogP contribution in [0.2, 0.25) is 0 Å². The molecular formula is C17H15N5S. The predicted octanol–water partition coefficient (Wildman–Crippen LogP) is 3.77. The van der Waals surface area contributed by atoms with E-state index >= 15 is 0 Å². The second kappa shape index (κ2) is 5.24. The Labute approximate surface area is 137 Å². The number of aryl methyl sites for hydroxylation is 3. The number of hydrogen-bond acceptors (Lipinski definition) is 5. The Morgan fingerprint density at radius 1 is 1.04 bits per heavy atom. The van der Waals surface area contributed by atoms with Crippen LogP contribution in [0.4, 0.5) is 0 Å². The van der Waals surface area contributed by atoms with Gasteiger partial charge in [-0.25, -0.2) is 9.67 Å². The summed E-state index contributed by atoms with van der Waals surface area (Å²) in [5.41, 5.74) is 5.88. The number of pyridine rings is 1. The number of aromatic nitrogens is 5. The maximum atomic E-state index is 4.74.